The molecule has 72 valence electrons. The van der Waals surface area contributed by atoms with Gasteiger partial charge in [-0.15, -0.1) is 0 Å². The molecule has 0 amide bonds. The van der Waals surface area contributed by atoms with Gasteiger partial charge in [0.25, 0.3) is 0 Å². The van der Waals surface area contributed by atoms with E-state index >= 15 is 0 Å². The molecular formula is C10H19IO. The lowest BCUT2D eigenvalue weighted by Crippen LogP contribution is -2.12. The highest BCUT2D eigenvalue weighted by molar-refractivity contribution is 14.1. The molecule has 0 aliphatic heterocycles. The summed E-state index contributed by atoms with van der Waals surface area (Å²) in [7, 11) is 0. The fourth-order valence-electron chi connectivity index (χ4n) is 0.860. The van der Waals surface area contributed by atoms with Gasteiger partial charge in [-0.05, 0) is 39.5 Å². The Morgan fingerprint density at radius 2 is 2.08 bits per heavy atom. The van der Waals surface area contributed by atoms with Gasteiger partial charge in [0.15, 0.2) is 0 Å². The summed E-state index contributed by atoms with van der Waals surface area (Å²) in [6.45, 7) is 6.10. The molecule has 0 aromatic rings. The van der Waals surface area contributed by atoms with E-state index in [1.54, 1.807) is 0 Å². The third kappa shape index (κ3) is 5.14. The van der Waals surface area contributed by atoms with Crippen LogP contribution in [-0.2, 0) is 0 Å². The van der Waals surface area contributed by atoms with Crippen LogP contribution in [0.5, 0.6) is 0 Å². The first kappa shape index (κ1) is 12.4. The highest BCUT2D eigenvalue weighted by atomic mass is 127. The lowest BCUT2D eigenvalue weighted by Gasteiger charge is -2.13. The number of halogens is 1. The molecule has 0 fully saturated rings. The van der Waals surface area contributed by atoms with Crippen LogP contribution in [-0.4, -0.2) is 11.2 Å². The van der Waals surface area contributed by atoms with Crippen molar-refractivity contribution in [3.8, 4) is 0 Å². The zero-order valence-corrected chi connectivity index (χ0v) is 10.3. The largest absolute Gasteiger partial charge is 0.393 e. The van der Waals surface area contributed by atoms with E-state index in [1.807, 2.05) is 6.92 Å². The number of aliphatic hydroxyl groups is 1. The average molecular weight is 282 g/mol. The molecule has 2 atom stereocenters. The molecule has 0 aliphatic carbocycles. The Morgan fingerprint density at radius 3 is 2.50 bits per heavy atom. The maximum absolute atomic E-state index is 9.30. The standard InChI is InChI=1S/C10H19IO/c1-4-5-6-7-10(11)8(2)9(3)12/h7-9,12H,4-6H2,1-3H3/b10-7+/t8-,9-/m0/s1. The lowest BCUT2D eigenvalue weighted by atomic mass is 10.1. The summed E-state index contributed by atoms with van der Waals surface area (Å²) >= 11 is 2.32. The molecule has 12 heavy (non-hydrogen) atoms. The van der Waals surface area contributed by atoms with E-state index in [9.17, 15) is 5.11 Å². The molecule has 0 saturated carbocycles. The maximum atomic E-state index is 9.30. The molecule has 0 rings (SSSR count). The third-order valence-corrected chi connectivity index (χ3v) is 3.48. The Hall–Kier alpha value is 0.430. The van der Waals surface area contributed by atoms with Crippen LogP contribution in [0.15, 0.2) is 9.66 Å². The first-order valence-corrected chi connectivity index (χ1v) is 5.71. The highest BCUT2D eigenvalue weighted by Crippen LogP contribution is 2.22. The van der Waals surface area contributed by atoms with Crippen LogP contribution >= 0.6 is 22.6 Å². The minimum absolute atomic E-state index is 0.227. The molecule has 0 radical (unpaired) electrons. The van der Waals surface area contributed by atoms with Gasteiger partial charge in [0.05, 0.1) is 6.10 Å². The smallest absolute Gasteiger partial charge is 0.0582 e. The van der Waals surface area contributed by atoms with Crippen LogP contribution in [0.25, 0.3) is 0 Å². The number of hydrogen-bond donors (Lipinski definition) is 1. The van der Waals surface area contributed by atoms with Crippen molar-refractivity contribution in [3.05, 3.63) is 9.66 Å². The van der Waals surface area contributed by atoms with Crippen molar-refractivity contribution >= 4 is 22.6 Å². The molecule has 0 aromatic carbocycles. The number of hydrogen-bond acceptors (Lipinski definition) is 1. The van der Waals surface area contributed by atoms with Crippen molar-refractivity contribution in [3.63, 3.8) is 0 Å². The van der Waals surface area contributed by atoms with Crippen molar-refractivity contribution in [2.45, 2.75) is 46.1 Å². The highest BCUT2D eigenvalue weighted by Gasteiger charge is 2.10. The fourth-order valence-corrected chi connectivity index (χ4v) is 1.69. The quantitative estimate of drug-likeness (QED) is 0.604. The van der Waals surface area contributed by atoms with Gasteiger partial charge in [0, 0.05) is 5.92 Å². The maximum Gasteiger partial charge on any atom is 0.0582 e. The predicted molar refractivity (Wildman–Crippen MR) is 62.5 cm³/mol. The molecule has 0 aromatic heterocycles. The van der Waals surface area contributed by atoms with Crippen molar-refractivity contribution in [1.29, 1.82) is 0 Å². The van der Waals surface area contributed by atoms with E-state index in [2.05, 4.69) is 42.5 Å². The molecular weight excluding hydrogens is 263 g/mol. The van der Waals surface area contributed by atoms with E-state index < -0.39 is 0 Å². The molecule has 0 bridgehead atoms. The van der Waals surface area contributed by atoms with Crippen LogP contribution in [0.4, 0.5) is 0 Å². The zero-order valence-electron chi connectivity index (χ0n) is 8.18. The van der Waals surface area contributed by atoms with Crippen LogP contribution in [0.3, 0.4) is 0 Å². The molecule has 0 saturated heterocycles. The number of allylic oxidation sites excluding steroid dienone is 1. The van der Waals surface area contributed by atoms with E-state index in [1.165, 1.54) is 16.4 Å². The zero-order chi connectivity index (χ0) is 9.56. The second-order valence-electron chi connectivity index (χ2n) is 3.26. The fraction of sp³-hybridized carbons (Fsp3) is 0.800. The summed E-state index contributed by atoms with van der Waals surface area (Å²) < 4.78 is 1.29. The van der Waals surface area contributed by atoms with E-state index in [4.69, 9.17) is 0 Å². The molecule has 1 N–H and O–H groups in total. The summed E-state index contributed by atoms with van der Waals surface area (Å²) in [6.07, 6.45) is 5.64. The van der Waals surface area contributed by atoms with Crippen LogP contribution in [0.1, 0.15) is 40.0 Å². The van der Waals surface area contributed by atoms with Gasteiger partial charge in [-0.3, -0.25) is 0 Å². The third-order valence-electron chi connectivity index (χ3n) is 2.06. The van der Waals surface area contributed by atoms with Crippen molar-refractivity contribution in [2.24, 2.45) is 5.92 Å². The second-order valence-corrected chi connectivity index (χ2v) is 4.51. The topological polar surface area (TPSA) is 20.2 Å². The average Bonchev–Trinajstić information content (AvgIpc) is 2.03. The normalized spacial score (nSPS) is 17.6. The minimum atomic E-state index is -0.227. The van der Waals surface area contributed by atoms with Crippen LogP contribution in [0.2, 0.25) is 0 Å². The van der Waals surface area contributed by atoms with E-state index in [0.717, 1.165) is 6.42 Å². The summed E-state index contributed by atoms with van der Waals surface area (Å²) in [5.74, 6) is 0.294. The van der Waals surface area contributed by atoms with Gasteiger partial charge in [-0.2, -0.15) is 0 Å². The summed E-state index contributed by atoms with van der Waals surface area (Å²) in [6, 6.07) is 0. The summed E-state index contributed by atoms with van der Waals surface area (Å²) in [5, 5.41) is 9.30. The Bertz CT molecular complexity index is 141. The predicted octanol–water partition coefficient (Wildman–Crippen LogP) is 3.51. The molecule has 0 aliphatic rings. The van der Waals surface area contributed by atoms with Crippen LogP contribution < -0.4 is 0 Å². The molecule has 0 heterocycles. The van der Waals surface area contributed by atoms with Crippen LogP contribution in [0, 0.1) is 5.92 Å². The Kier molecular flexibility index (Phi) is 7.14. The van der Waals surface area contributed by atoms with Gasteiger partial charge in [-0.1, -0.05) is 32.8 Å². The SMILES string of the molecule is CCCC/C=C(/I)[C@@H](C)[C@H](C)O. The van der Waals surface area contributed by atoms with Crippen molar-refractivity contribution < 1.29 is 5.11 Å². The number of unbranched alkanes of at least 4 members (excludes halogenated alkanes) is 2. The molecule has 1 nitrogen and oxygen atoms in total. The summed E-state index contributed by atoms with van der Waals surface area (Å²) in [5.41, 5.74) is 0. The van der Waals surface area contributed by atoms with Gasteiger partial charge < -0.3 is 5.11 Å². The van der Waals surface area contributed by atoms with Gasteiger partial charge >= 0.3 is 0 Å². The van der Waals surface area contributed by atoms with Gasteiger partial charge in [-0.25, -0.2) is 0 Å². The lowest BCUT2D eigenvalue weighted by molar-refractivity contribution is 0.156. The van der Waals surface area contributed by atoms with Gasteiger partial charge in [0.1, 0.15) is 0 Å². The summed E-state index contributed by atoms with van der Waals surface area (Å²) in [4.78, 5) is 0. The van der Waals surface area contributed by atoms with Crippen molar-refractivity contribution in [2.75, 3.05) is 0 Å². The Morgan fingerprint density at radius 1 is 1.50 bits per heavy atom. The first-order valence-electron chi connectivity index (χ1n) is 4.63. The van der Waals surface area contributed by atoms with E-state index in [0.29, 0.717) is 5.92 Å². The monoisotopic (exact) mass is 282 g/mol. The number of aliphatic hydroxyl groups excluding tert-OH is 1. The molecule has 0 unspecified atom stereocenters. The minimum Gasteiger partial charge on any atom is -0.393 e. The second kappa shape index (κ2) is 6.89. The first-order chi connectivity index (χ1) is 5.59. The Labute approximate surface area is 89.4 Å². The number of rotatable bonds is 5. The molecule has 0 spiro atoms. The molecule has 2 heteroatoms. The van der Waals surface area contributed by atoms with Crippen molar-refractivity contribution in [1.82, 2.24) is 0 Å². The Balaban J connectivity index is 3.82. The van der Waals surface area contributed by atoms with E-state index in [-0.39, 0.29) is 6.10 Å². The van der Waals surface area contributed by atoms with Gasteiger partial charge in [0.2, 0.25) is 0 Å².